The first-order valence-electron chi connectivity index (χ1n) is 13.9. The van der Waals surface area contributed by atoms with Gasteiger partial charge in [0.2, 0.25) is 10.0 Å². The zero-order chi connectivity index (χ0) is 32.7. The van der Waals surface area contributed by atoms with Gasteiger partial charge in [0, 0.05) is 23.4 Å². The van der Waals surface area contributed by atoms with Crippen LogP contribution in [0.15, 0.2) is 63.2 Å². The number of nitrogens with two attached hydrogens (primary N) is 1. The Labute approximate surface area is 262 Å². The van der Waals surface area contributed by atoms with Crippen LogP contribution in [0.3, 0.4) is 0 Å². The summed E-state index contributed by atoms with van der Waals surface area (Å²) in [5, 5.41) is 5.27. The van der Waals surface area contributed by atoms with E-state index in [1.165, 1.54) is 12.1 Å². The molecule has 1 atom stereocenters. The van der Waals surface area contributed by atoms with Crippen LogP contribution in [0.4, 0.5) is 0 Å². The van der Waals surface area contributed by atoms with E-state index in [1.807, 2.05) is 42.3 Å². The summed E-state index contributed by atoms with van der Waals surface area (Å²) in [5.74, 6) is 0.761. The Balaban J connectivity index is 2.17. The van der Waals surface area contributed by atoms with Crippen molar-refractivity contribution in [3.8, 4) is 0 Å². The molecule has 2 aromatic rings. The van der Waals surface area contributed by atoms with Gasteiger partial charge in [-0.05, 0) is 104 Å². The van der Waals surface area contributed by atoms with Crippen LogP contribution in [0.25, 0.3) is 0 Å². The third kappa shape index (κ3) is 14.6. The Kier molecular flexibility index (Phi) is 13.5. The molecule has 244 valence electrons. The quantitative estimate of drug-likeness (QED) is 0.172. The van der Waals surface area contributed by atoms with Crippen molar-refractivity contribution in [3.63, 3.8) is 0 Å². The third-order valence-corrected chi connectivity index (χ3v) is 11.3. The number of phosphoric acid groups is 1. The first-order chi connectivity index (χ1) is 19.6. The summed E-state index contributed by atoms with van der Waals surface area (Å²) < 4.78 is 79.4. The molecular formula is C29H47N2O8PS3. The van der Waals surface area contributed by atoms with Gasteiger partial charge < -0.3 is 4.90 Å². The van der Waals surface area contributed by atoms with E-state index in [1.54, 1.807) is 53.3 Å². The maximum atomic E-state index is 13.3. The van der Waals surface area contributed by atoms with Gasteiger partial charge in [-0.3, -0.25) is 13.6 Å². The second kappa shape index (κ2) is 15.3. The van der Waals surface area contributed by atoms with Crippen LogP contribution < -0.4 is 5.14 Å². The standard InChI is InChI=1S/C29H47N2O8PS3/c1-28(2,3)38-40(32,39-29(4,5)6)37-19-18-31(7)17-16-23(22-41-25-12-10-9-11-13-25)20-24-14-15-26(43(30,35)36)21-27(24)42(8,33)34/h9-15,21,23H,16-20,22H2,1-8H3,(H2,30,35,36)/t23-/m0/s1. The topological polar surface area (TPSA) is 142 Å². The molecule has 0 aliphatic heterocycles. The molecule has 0 aliphatic rings. The van der Waals surface area contributed by atoms with Gasteiger partial charge in [0.05, 0.1) is 27.6 Å². The van der Waals surface area contributed by atoms with Crippen molar-refractivity contribution in [3.05, 3.63) is 54.1 Å². The molecule has 0 radical (unpaired) electrons. The minimum Gasteiger partial charge on any atom is -0.304 e. The van der Waals surface area contributed by atoms with Crippen molar-refractivity contribution in [2.24, 2.45) is 11.1 Å². The van der Waals surface area contributed by atoms with Crippen LogP contribution in [0, 0.1) is 5.92 Å². The Morgan fingerprint density at radius 1 is 0.930 bits per heavy atom. The van der Waals surface area contributed by atoms with E-state index in [4.69, 9.17) is 18.7 Å². The van der Waals surface area contributed by atoms with Crippen LogP contribution in [0.2, 0.25) is 0 Å². The number of hydrogen-bond acceptors (Lipinski definition) is 10. The van der Waals surface area contributed by atoms with Gasteiger partial charge in [0.15, 0.2) is 9.84 Å². The lowest BCUT2D eigenvalue weighted by molar-refractivity contribution is 0.00155. The Morgan fingerprint density at radius 3 is 2.02 bits per heavy atom. The van der Waals surface area contributed by atoms with Gasteiger partial charge in [-0.25, -0.2) is 26.5 Å². The van der Waals surface area contributed by atoms with E-state index < -0.39 is 38.9 Å². The third-order valence-electron chi connectivity index (χ3n) is 5.92. The summed E-state index contributed by atoms with van der Waals surface area (Å²) in [6, 6.07) is 13.9. The van der Waals surface area contributed by atoms with Crippen molar-refractivity contribution in [2.45, 2.75) is 80.3 Å². The molecule has 2 rings (SSSR count). The predicted octanol–water partition coefficient (Wildman–Crippen LogP) is 5.77. The molecule has 0 unspecified atom stereocenters. The minimum absolute atomic E-state index is 0.0380. The van der Waals surface area contributed by atoms with Gasteiger partial charge in [0.1, 0.15) is 0 Å². The van der Waals surface area contributed by atoms with Crippen molar-refractivity contribution >= 4 is 39.4 Å². The molecule has 2 N–H and O–H groups in total. The highest BCUT2D eigenvalue weighted by Gasteiger charge is 2.37. The van der Waals surface area contributed by atoms with Gasteiger partial charge in [-0.1, -0.05) is 24.3 Å². The summed E-state index contributed by atoms with van der Waals surface area (Å²) in [6.07, 6.45) is 2.20. The number of hydrogen-bond donors (Lipinski definition) is 1. The zero-order valence-electron chi connectivity index (χ0n) is 26.4. The van der Waals surface area contributed by atoms with Crippen molar-refractivity contribution < 1.29 is 35.0 Å². The molecule has 0 aromatic heterocycles. The highest BCUT2D eigenvalue weighted by molar-refractivity contribution is 7.99. The maximum absolute atomic E-state index is 13.3. The van der Waals surface area contributed by atoms with E-state index in [-0.39, 0.29) is 22.3 Å². The monoisotopic (exact) mass is 678 g/mol. The molecule has 0 heterocycles. The summed E-state index contributed by atoms with van der Waals surface area (Å²) in [6.45, 7) is 11.9. The minimum atomic E-state index is -4.06. The fraction of sp³-hybridized carbons (Fsp3) is 0.586. The van der Waals surface area contributed by atoms with Gasteiger partial charge in [0.25, 0.3) is 0 Å². The highest BCUT2D eigenvalue weighted by atomic mass is 32.2. The van der Waals surface area contributed by atoms with Crippen molar-refractivity contribution in [2.75, 3.05) is 38.8 Å². The summed E-state index contributed by atoms with van der Waals surface area (Å²) >= 11 is 1.67. The smallest absolute Gasteiger partial charge is 0.304 e. The SMILES string of the molecule is CN(CCOP(=O)(OC(C)(C)C)OC(C)(C)C)CC[C@H](CSc1ccccc1)Cc1ccc(S(N)(=O)=O)cc1S(C)(=O)=O. The molecule has 0 bridgehead atoms. The Hall–Kier alpha value is -1.28. The largest absolute Gasteiger partial charge is 0.475 e. The average Bonchev–Trinajstić information content (AvgIpc) is 2.82. The van der Waals surface area contributed by atoms with E-state index in [9.17, 15) is 21.4 Å². The zero-order valence-corrected chi connectivity index (χ0v) is 29.7. The maximum Gasteiger partial charge on any atom is 0.475 e. The van der Waals surface area contributed by atoms with E-state index in [0.717, 1.165) is 17.2 Å². The van der Waals surface area contributed by atoms with Crippen molar-refractivity contribution in [1.29, 1.82) is 0 Å². The lowest BCUT2D eigenvalue weighted by atomic mass is 9.97. The number of sulfonamides is 1. The number of benzene rings is 2. The van der Waals surface area contributed by atoms with Gasteiger partial charge in [-0.15, -0.1) is 11.8 Å². The summed E-state index contributed by atoms with van der Waals surface area (Å²) in [5.41, 5.74) is -0.916. The molecule has 0 saturated carbocycles. The van der Waals surface area contributed by atoms with Crippen LogP contribution in [0.5, 0.6) is 0 Å². The first kappa shape index (κ1) is 37.9. The normalized spacial score (nSPS) is 14.3. The van der Waals surface area contributed by atoms with Crippen LogP contribution in [-0.4, -0.2) is 71.7 Å². The van der Waals surface area contributed by atoms with E-state index >= 15 is 0 Å². The average molecular weight is 679 g/mol. The summed E-state index contributed by atoms with van der Waals surface area (Å²) in [4.78, 5) is 2.86. The number of nitrogens with zero attached hydrogens (tertiary/aromatic N) is 1. The molecule has 0 fully saturated rings. The Morgan fingerprint density at radius 2 is 1.51 bits per heavy atom. The Bertz CT molecular complexity index is 1430. The molecule has 0 amide bonds. The van der Waals surface area contributed by atoms with Crippen LogP contribution in [0.1, 0.15) is 53.5 Å². The molecule has 0 spiro atoms. The molecule has 0 aliphatic carbocycles. The number of sulfone groups is 1. The van der Waals surface area contributed by atoms with E-state index in [2.05, 4.69) is 0 Å². The number of primary sulfonamides is 1. The van der Waals surface area contributed by atoms with Crippen LogP contribution >= 0.6 is 19.6 Å². The van der Waals surface area contributed by atoms with E-state index in [0.29, 0.717) is 37.2 Å². The molecule has 14 heteroatoms. The second-order valence-corrected chi connectivity index (χ2v) is 18.7. The lowest BCUT2D eigenvalue weighted by Gasteiger charge is -2.31. The molecule has 43 heavy (non-hydrogen) atoms. The fourth-order valence-corrected chi connectivity index (χ4v) is 8.51. The molecule has 10 nitrogen and oxygen atoms in total. The van der Waals surface area contributed by atoms with Crippen LogP contribution in [-0.2, 0) is 44.4 Å². The first-order valence-corrected chi connectivity index (χ1v) is 19.8. The van der Waals surface area contributed by atoms with Crippen molar-refractivity contribution in [1.82, 2.24) is 4.90 Å². The fourth-order valence-electron chi connectivity index (χ4n) is 4.08. The predicted molar refractivity (Wildman–Crippen MR) is 173 cm³/mol. The highest BCUT2D eigenvalue weighted by Crippen LogP contribution is 2.55. The number of phosphoric ester groups is 1. The van der Waals surface area contributed by atoms with Gasteiger partial charge in [-0.2, -0.15) is 0 Å². The second-order valence-electron chi connectivity index (χ2n) is 12.6. The van der Waals surface area contributed by atoms with Gasteiger partial charge >= 0.3 is 7.82 Å². The molecule has 2 aromatic carbocycles. The lowest BCUT2D eigenvalue weighted by Crippen LogP contribution is -2.28. The number of thioether (sulfide) groups is 1. The molecule has 0 saturated heterocycles. The number of likely N-dealkylation sites (N-methyl/N-ethyl adjacent to an activating group) is 1. The number of rotatable bonds is 16. The molecular weight excluding hydrogens is 632 g/mol. The summed E-state index contributed by atoms with van der Waals surface area (Å²) in [7, 11) is -9.68.